The summed E-state index contributed by atoms with van der Waals surface area (Å²) in [5, 5.41) is 8.44. The summed E-state index contributed by atoms with van der Waals surface area (Å²) in [6, 6.07) is 2.01. The first-order chi connectivity index (χ1) is 4.85. The number of hydrogen-bond acceptors (Lipinski definition) is 2. The maximum absolute atomic E-state index is 8.44. The van der Waals surface area contributed by atoms with Gasteiger partial charge in [-0.2, -0.15) is 5.26 Å². The molecule has 0 aromatic carbocycles. The van der Waals surface area contributed by atoms with Crippen molar-refractivity contribution in [2.24, 2.45) is 5.73 Å². The van der Waals surface area contributed by atoms with E-state index in [2.05, 4.69) is 0 Å². The highest BCUT2D eigenvalue weighted by Crippen LogP contribution is 1.93. The Morgan fingerprint density at radius 2 is 2.30 bits per heavy atom. The van der Waals surface area contributed by atoms with Gasteiger partial charge >= 0.3 is 0 Å². The lowest BCUT2D eigenvalue weighted by molar-refractivity contribution is 1.49. The molecule has 0 fully saturated rings. The molecular formula is C8H10N2. The fourth-order valence-corrected chi connectivity index (χ4v) is 0.469. The number of nitrogens with two attached hydrogens (primary N) is 1. The summed E-state index contributed by atoms with van der Waals surface area (Å²) in [4.78, 5) is 0. The van der Waals surface area contributed by atoms with Crippen molar-refractivity contribution in [3.63, 3.8) is 0 Å². The van der Waals surface area contributed by atoms with Crippen LogP contribution in [0.15, 0.2) is 36.1 Å². The van der Waals surface area contributed by atoms with Gasteiger partial charge in [-0.1, -0.05) is 6.08 Å². The molecule has 0 rings (SSSR count). The molecule has 52 valence electrons. The van der Waals surface area contributed by atoms with E-state index in [1.54, 1.807) is 24.3 Å². The molecule has 2 nitrogen and oxygen atoms in total. The van der Waals surface area contributed by atoms with E-state index in [4.69, 9.17) is 11.0 Å². The topological polar surface area (TPSA) is 49.8 Å². The summed E-state index contributed by atoms with van der Waals surface area (Å²) in [6.45, 7) is 1.86. The zero-order chi connectivity index (χ0) is 7.82. The van der Waals surface area contributed by atoms with Gasteiger partial charge in [0.2, 0.25) is 0 Å². The number of hydrogen-bond donors (Lipinski definition) is 1. The molecule has 0 atom stereocenters. The van der Waals surface area contributed by atoms with Crippen LogP contribution in [0.25, 0.3) is 0 Å². The minimum absolute atomic E-state index is 0.601. The van der Waals surface area contributed by atoms with Crippen molar-refractivity contribution in [1.82, 2.24) is 0 Å². The Kier molecular flexibility index (Phi) is 4.80. The van der Waals surface area contributed by atoms with Crippen LogP contribution in [0.4, 0.5) is 0 Å². The van der Waals surface area contributed by atoms with Crippen LogP contribution in [0.1, 0.15) is 6.92 Å². The van der Waals surface area contributed by atoms with Gasteiger partial charge < -0.3 is 5.73 Å². The summed E-state index contributed by atoms with van der Waals surface area (Å²) in [5.41, 5.74) is 5.67. The SMILES string of the molecule is C\C=C/C(C#N)=C\C=C\N. The third kappa shape index (κ3) is 3.50. The molecule has 0 saturated heterocycles. The maximum atomic E-state index is 8.44. The molecule has 0 bridgehead atoms. The molecule has 0 aromatic heterocycles. The Hall–Kier alpha value is -1.49. The Labute approximate surface area is 61.0 Å². The van der Waals surface area contributed by atoms with Crippen molar-refractivity contribution < 1.29 is 0 Å². The van der Waals surface area contributed by atoms with Gasteiger partial charge in [0.15, 0.2) is 0 Å². The summed E-state index contributed by atoms with van der Waals surface area (Å²) in [6.07, 6.45) is 8.19. The van der Waals surface area contributed by atoms with E-state index in [-0.39, 0.29) is 0 Å². The highest BCUT2D eigenvalue weighted by molar-refractivity contribution is 5.35. The van der Waals surface area contributed by atoms with Gasteiger partial charge in [0.1, 0.15) is 0 Å². The van der Waals surface area contributed by atoms with Crippen molar-refractivity contribution in [2.45, 2.75) is 6.92 Å². The quantitative estimate of drug-likeness (QED) is 0.459. The van der Waals surface area contributed by atoms with Crippen molar-refractivity contribution >= 4 is 0 Å². The van der Waals surface area contributed by atoms with Gasteiger partial charge in [0, 0.05) is 0 Å². The van der Waals surface area contributed by atoms with E-state index in [1.807, 2.05) is 13.0 Å². The highest BCUT2D eigenvalue weighted by atomic mass is 14.5. The Bertz CT molecular complexity index is 204. The average molecular weight is 134 g/mol. The number of nitrogens with zero attached hydrogens (tertiary/aromatic N) is 1. The molecule has 0 spiro atoms. The van der Waals surface area contributed by atoms with Gasteiger partial charge in [0.25, 0.3) is 0 Å². The van der Waals surface area contributed by atoms with Gasteiger partial charge in [0.05, 0.1) is 11.6 Å². The van der Waals surface area contributed by atoms with Crippen LogP contribution in [-0.2, 0) is 0 Å². The summed E-state index contributed by atoms with van der Waals surface area (Å²) >= 11 is 0. The molecule has 0 radical (unpaired) electrons. The highest BCUT2D eigenvalue weighted by Gasteiger charge is 1.81. The minimum Gasteiger partial charge on any atom is -0.405 e. The van der Waals surface area contributed by atoms with Crippen molar-refractivity contribution in [1.29, 1.82) is 5.26 Å². The summed E-state index contributed by atoms with van der Waals surface area (Å²) in [7, 11) is 0. The van der Waals surface area contributed by atoms with E-state index in [0.717, 1.165) is 0 Å². The fraction of sp³-hybridized carbons (Fsp3) is 0.125. The second-order valence-electron chi connectivity index (χ2n) is 1.62. The molecule has 2 heteroatoms. The molecule has 0 amide bonds. The molecule has 0 aromatic rings. The number of rotatable bonds is 2. The molecule has 2 N–H and O–H groups in total. The van der Waals surface area contributed by atoms with Gasteiger partial charge in [-0.25, -0.2) is 0 Å². The standard InChI is InChI=1S/C8H10N2/c1-2-4-8(7-10)5-3-6-9/h2-6H,9H2,1H3/b4-2-,6-3+,8-5+. The van der Waals surface area contributed by atoms with Gasteiger partial charge in [-0.15, -0.1) is 0 Å². The lowest BCUT2D eigenvalue weighted by atomic mass is 10.2. The molecule has 0 heterocycles. The Morgan fingerprint density at radius 1 is 1.60 bits per heavy atom. The van der Waals surface area contributed by atoms with Crippen molar-refractivity contribution in [3.05, 3.63) is 36.1 Å². The molecule has 10 heavy (non-hydrogen) atoms. The van der Waals surface area contributed by atoms with E-state index >= 15 is 0 Å². The predicted molar refractivity (Wildman–Crippen MR) is 41.8 cm³/mol. The molecule has 0 aliphatic rings. The molecule has 0 unspecified atom stereocenters. The third-order valence-electron chi connectivity index (χ3n) is 0.862. The number of nitriles is 1. The Morgan fingerprint density at radius 3 is 2.70 bits per heavy atom. The van der Waals surface area contributed by atoms with Gasteiger partial charge in [-0.05, 0) is 31.4 Å². The van der Waals surface area contributed by atoms with Crippen molar-refractivity contribution in [3.8, 4) is 6.07 Å². The maximum Gasteiger partial charge on any atom is 0.0991 e. The van der Waals surface area contributed by atoms with E-state index in [0.29, 0.717) is 5.57 Å². The van der Waals surface area contributed by atoms with Gasteiger partial charge in [-0.3, -0.25) is 0 Å². The van der Waals surface area contributed by atoms with E-state index < -0.39 is 0 Å². The van der Waals surface area contributed by atoms with Crippen LogP contribution in [0, 0.1) is 11.3 Å². The van der Waals surface area contributed by atoms with Crippen LogP contribution in [0.5, 0.6) is 0 Å². The van der Waals surface area contributed by atoms with Crippen LogP contribution < -0.4 is 5.73 Å². The lowest BCUT2D eigenvalue weighted by Gasteiger charge is -1.80. The van der Waals surface area contributed by atoms with Crippen LogP contribution in [0.2, 0.25) is 0 Å². The first kappa shape index (κ1) is 8.51. The second kappa shape index (κ2) is 5.64. The van der Waals surface area contributed by atoms with Crippen LogP contribution >= 0.6 is 0 Å². The molecule has 0 aliphatic heterocycles. The van der Waals surface area contributed by atoms with Crippen LogP contribution in [-0.4, -0.2) is 0 Å². The molecule has 0 saturated carbocycles. The smallest absolute Gasteiger partial charge is 0.0991 e. The predicted octanol–water partition coefficient (Wildman–Crippen LogP) is 1.48. The monoisotopic (exact) mass is 134 g/mol. The zero-order valence-electron chi connectivity index (χ0n) is 5.91. The summed E-state index contributed by atoms with van der Waals surface area (Å²) in [5.74, 6) is 0. The van der Waals surface area contributed by atoms with Crippen LogP contribution in [0.3, 0.4) is 0 Å². The van der Waals surface area contributed by atoms with E-state index in [9.17, 15) is 0 Å². The second-order valence-corrected chi connectivity index (χ2v) is 1.62. The first-order valence-electron chi connectivity index (χ1n) is 2.96. The molecule has 0 aliphatic carbocycles. The number of allylic oxidation sites excluding steroid dienone is 5. The molecular weight excluding hydrogens is 124 g/mol. The van der Waals surface area contributed by atoms with E-state index in [1.165, 1.54) is 6.20 Å². The minimum atomic E-state index is 0.601. The lowest BCUT2D eigenvalue weighted by Crippen LogP contribution is -1.74. The normalized spacial score (nSPS) is 12.6. The first-order valence-corrected chi connectivity index (χ1v) is 2.96. The average Bonchev–Trinajstić information content (AvgIpc) is 1.98. The zero-order valence-corrected chi connectivity index (χ0v) is 5.91. The fourth-order valence-electron chi connectivity index (χ4n) is 0.469. The van der Waals surface area contributed by atoms with Crippen molar-refractivity contribution in [2.75, 3.05) is 0 Å². The third-order valence-corrected chi connectivity index (χ3v) is 0.862. The Balaban J connectivity index is 4.22. The largest absolute Gasteiger partial charge is 0.405 e. The summed E-state index contributed by atoms with van der Waals surface area (Å²) < 4.78 is 0.